The number of carbonyl (C=O) groups excluding carboxylic acids is 2. The van der Waals surface area contributed by atoms with Gasteiger partial charge in [0, 0.05) is 22.5 Å². The maximum absolute atomic E-state index is 12.9. The lowest BCUT2D eigenvalue weighted by atomic mass is 10.1. The minimum Gasteiger partial charge on any atom is -0.457 e. The lowest BCUT2D eigenvalue weighted by Gasteiger charge is -2.10. The first-order valence-electron chi connectivity index (χ1n) is 12.8. The standard InChI is InChI=1S/C34H22N4O4/c35-21-23-4-12-29(13-5-23)41-31-16-8-27(9-17-31)37-33(39)25-2-1-3-26(20-25)34(40)38-28-10-18-32(19-11-28)42-30-14-6-24(22-36)7-15-30/h1-20H,(H,37,39)(H,38,40). The van der Waals surface area contributed by atoms with Gasteiger partial charge in [-0.15, -0.1) is 0 Å². The lowest BCUT2D eigenvalue weighted by molar-refractivity contribution is 0.102. The van der Waals surface area contributed by atoms with Gasteiger partial charge < -0.3 is 20.1 Å². The molecule has 5 rings (SSSR count). The van der Waals surface area contributed by atoms with Crippen LogP contribution in [-0.4, -0.2) is 11.8 Å². The molecule has 0 heterocycles. The summed E-state index contributed by atoms with van der Waals surface area (Å²) < 4.78 is 11.5. The molecule has 42 heavy (non-hydrogen) atoms. The third-order valence-electron chi connectivity index (χ3n) is 6.05. The van der Waals surface area contributed by atoms with E-state index < -0.39 is 0 Å². The predicted molar refractivity (Wildman–Crippen MR) is 158 cm³/mol. The van der Waals surface area contributed by atoms with E-state index in [9.17, 15) is 9.59 Å². The third-order valence-corrected chi connectivity index (χ3v) is 6.05. The summed E-state index contributed by atoms with van der Waals surface area (Å²) in [6.45, 7) is 0. The Morgan fingerprint density at radius 2 is 0.833 bits per heavy atom. The van der Waals surface area contributed by atoms with E-state index >= 15 is 0 Å². The van der Waals surface area contributed by atoms with Gasteiger partial charge in [0.15, 0.2) is 0 Å². The average Bonchev–Trinajstić information content (AvgIpc) is 3.03. The molecule has 5 aromatic rings. The molecule has 0 atom stereocenters. The van der Waals surface area contributed by atoms with Crippen molar-refractivity contribution < 1.29 is 19.1 Å². The smallest absolute Gasteiger partial charge is 0.255 e. The third kappa shape index (κ3) is 6.97. The van der Waals surface area contributed by atoms with Crippen molar-refractivity contribution in [3.63, 3.8) is 0 Å². The number of nitrogens with zero attached hydrogens (tertiary/aromatic N) is 2. The molecule has 0 spiro atoms. The molecule has 0 saturated heterocycles. The number of amides is 2. The van der Waals surface area contributed by atoms with Gasteiger partial charge in [0.2, 0.25) is 0 Å². The maximum Gasteiger partial charge on any atom is 0.255 e. The van der Waals surface area contributed by atoms with E-state index in [4.69, 9.17) is 20.0 Å². The number of nitriles is 2. The molecule has 8 heteroatoms. The molecule has 0 bridgehead atoms. The topological polar surface area (TPSA) is 124 Å². The Morgan fingerprint density at radius 3 is 1.17 bits per heavy atom. The molecule has 0 aliphatic heterocycles. The molecule has 0 unspecified atom stereocenters. The summed E-state index contributed by atoms with van der Waals surface area (Å²) >= 11 is 0. The molecule has 2 amide bonds. The number of rotatable bonds is 8. The van der Waals surface area contributed by atoms with E-state index in [1.165, 1.54) is 6.07 Å². The Bertz CT molecular complexity index is 1670. The predicted octanol–water partition coefficient (Wildman–Crippen LogP) is 7.52. The second-order valence-electron chi connectivity index (χ2n) is 9.01. The van der Waals surface area contributed by atoms with Crippen LogP contribution in [-0.2, 0) is 0 Å². The second kappa shape index (κ2) is 12.6. The summed E-state index contributed by atoms with van der Waals surface area (Å²) in [5.74, 6) is 1.60. The maximum atomic E-state index is 12.9. The molecule has 8 nitrogen and oxygen atoms in total. The van der Waals surface area contributed by atoms with Crippen molar-refractivity contribution >= 4 is 23.2 Å². The molecule has 0 fully saturated rings. The number of ether oxygens (including phenoxy) is 2. The van der Waals surface area contributed by atoms with Crippen LogP contribution in [0.2, 0.25) is 0 Å². The summed E-state index contributed by atoms with van der Waals surface area (Å²) in [6, 6.07) is 37.8. The highest BCUT2D eigenvalue weighted by Gasteiger charge is 2.12. The SMILES string of the molecule is N#Cc1ccc(Oc2ccc(NC(=O)c3cccc(C(=O)Nc4ccc(Oc5ccc(C#N)cc5)cc4)c3)cc2)cc1. The van der Waals surface area contributed by atoms with Crippen LogP contribution >= 0.6 is 0 Å². The number of hydrogen-bond acceptors (Lipinski definition) is 6. The first-order chi connectivity index (χ1) is 20.5. The highest BCUT2D eigenvalue weighted by atomic mass is 16.5. The van der Waals surface area contributed by atoms with Crippen LogP contribution in [0.3, 0.4) is 0 Å². The Kier molecular flexibility index (Phi) is 8.19. The number of anilines is 2. The first-order valence-corrected chi connectivity index (χ1v) is 12.8. The van der Waals surface area contributed by atoms with E-state index in [0.717, 1.165) is 0 Å². The fourth-order valence-corrected chi connectivity index (χ4v) is 3.89. The zero-order chi connectivity index (χ0) is 29.3. The monoisotopic (exact) mass is 550 g/mol. The minimum absolute atomic E-state index is 0.326. The van der Waals surface area contributed by atoms with Crippen LogP contribution < -0.4 is 20.1 Å². The Labute approximate surface area is 242 Å². The summed E-state index contributed by atoms with van der Waals surface area (Å²) in [5, 5.41) is 23.5. The van der Waals surface area contributed by atoms with Gasteiger partial charge in [-0.2, -0.15) is 10.5 Å². The second-order valence-corrected chi connectivity index (χ2v) is 9.01. The van der Waals surface area contributed by atoms with Gasteiger partial charge in [0.25, 0.3) is 11.8 Å². The van der Waals surface area contributed by atoms with Gasteiger partial charge in [-0.05, 0) is 115 Å². The number of carbonyl (C=O) groups is 2. The normalized spacial score (nSPS) is 10.0. The van der Waals surface area contributed by atoms with Crippen LogP contribution in [0.4, 0.5) is 11.4 Å². The largest absolute Gasteiger partial charge is 0.457 e. The molecular formula is C34H22N4O4. The number of hydrogen-bond donors (Lipinski definition) is 2. The molecule has 2 N–H and O–H groups in total. The van der Waals surface area contributed by atoms with Crippen LogP contribution in [0.5, 0.6) is 23.0 Å². The van der Waals surface area contributed by atoms with Crippen molar-refractivity contribution in [3.8, 4) is 35.1 Å². The van der Waals surface area contributed by atoms with Gasteiger partial charge in [-0.1, -0.05) is 6.07 Å². The summed E-state index contributed by atoms with van der Waals surface area (Å²) in [6.07, 6.45) is 0. The molecule has 0 aromatic heterocycles. The Morgan fingerprint density at radius 1 is 0.500 bits per heavy atom. The van der Waals surface area contributed by atoms with E-state index in [-0.39, 0.29) is 11.8 Å². The lowest BCUT2D eigenvalue weighted by Crippen LogP contribution is -2.15. The van der Waals surface area contributed by atoms with Crippen LogP contribution in [0.15, 0.2) is 121 Å². The molecule has 0 aliphatic rings. The van der Waals surface area contributed by atoms with Crippen molar-refractivity contribution in [1.82, 2.24) is 0 Å². The Balaban J connectivity index is 1.17. The van der Waals surface area contributed by atoms with Crippen molar-refractivity contribution in [2.75, 3.05) is 10.6 Å². The van der Waals surface area contributed by atoms with Gasteiger partial charge in [0.1, 0.15) is 23.0 Å². The molecule has 5 aromatic carbocycles. The van der Waals surface area contributed by atoms with Gasteiger partial charge in [-0.3, -0.25) is 9.59 Å². The molecule has 202 valence electrons. The molecule has 0 radical (unpaired) electrons. The first kappa shape index (κ1) is 27.2. The van der Waals surface area contributed by atoms with Crippen molar-refractivity contribution in [3.05, 3.63) is 144 Å². The van der Waals surface area contributed by atoms with E-state index in [1.54, 1.807) is 115 Å². The molecular weight excluding hydrogens is 528 g/mol. The van der Waals surface area contributed by atoms with Crippen molar-refractivity contribution in [2.24, 2.45) is 0 Å². The summed E-state index contributed by atoms with van der Waals surface area (Å²) in [4.78, 5) is 25.8. The zero-order valence-electron chi connectivity index (χ0n) is 22.1. The zero-order valence-corrected chi connectivity index (χ0v) is 22.1. The number of benzene rings is 5. The fourth-order valence-electron chi connectivity index (χ4n) is 3.89. The Hall–Kier alpha value is -6.38. The molecule has 0 aliphatic carbocycles. The summed E-state index contributed by atoms with van der Waals surface area (Å²) in [5.41, 5.74) is 2.86. The van der Waals surface area contributed by atoms with Crippen LogP contribution in [0, 0.1) is 22.7 Å². The minimum atomic E-state index is -0.366. The molecule has 0 saturated carbocycles. The van der Waals surface area contributed by atoms with Gasteiger partial charge in [0.05, 0.1) is 23.3 Å². The number of nitrogens with one attached hydrogen (secondary N) is 2. The quantitative estimate of drug-likeness (QED) is 0.206. The van der Waals surface area contributed by atoms with Gasteiger partial charge >= 0.3 is 0 Å². The van der Waals surface area contributed by atoms with E-state index in [2.05, 4.69) is 22.8 Å². The van der Waals surface area contributed by atoms with E-state index in [1.807, 2.05) is 0 Å². The average molecular weight is 551 g/mol. The highest BCUT2D eigenvalue weighted by Crippen LogP contribution is 2.25. The van der Waals surface area contributed by atoms with Crippen molar-refractivity contribution in [1.29, 1.82) is 10.5 Å². The van der Waals surface area contributed by atoms with Crippen LogP contribution in [0.1, 0.15) is 31.8 Å². The summed E-state index contributed by atoms with van der Waals surface area (Å²) in [7, 11) is 0. The highest BCUT2D eigenvalue weighted by molar-refractivity contribution is 6.08. The van der Waals surface area contributed by atoms with Crippen molar-refractivity contribution in [2.45, 2.75) is 0 Å². The van der Waals surface area contributed by atoms with Crippen LogP contribution in [0.25, 0.3) is 0 Å². The van der Waals surface area contributed by atoms with Gasteiger partial charge in [-0.25, -0.2) is 0 Å². The van der Waals surface area contributed by atoms with E-state index in [0.29, 0.717) is 56.6 Å². The fraction of sp³-hybridized carbons (Fsp3) is 0.